The number of carbonyl (C=O) groups is 1. The highest BCUT2D eigenvalue weighted by molar-refractivity contribution is 7.09. The molecular formula is C19H31N3OS. The van der Waals surface area contributed by atoms with Gasteiger partial charge in [0.1, 0.15) is 0 Å². The van der Waals surface area contributed by atoms with Crippen LogP contribution in [0.25, 0.3) is 0 Å². The molecule has 2 saturated heterocycles. The Morgan fingerprint density at radius 1 is 1.12 bits per heavy atom. The van der Waals surface area contributed by atoms with Crippen molar-refractivity contribution in [3.63, 3.8) is 0 Å². The summed E-state index contributed by atoms with van der Waals surface area (Å²) in [5, 5.41) is 2.15. The number of thiophene rings is 1. The van der Waals surface area contributed by atoms with Crippen LogP contribution in [0.1, 0.15) is 25.1 Å². The Morgan fingerprint density at radius 3 is 2.42 bits per heavy atom. The number of hydrogen-bond acceptors (Lipinski definition) is 4. The maximum absolute atomic E-state index is 12.6. The molecule has 0 aliphatic carbocycles. The van der Waals surface area contributed by atoms with Gasteiger partial charge in [0.05, 0.1) is 6.54 Å². The lowest BCUT2D eigenvalue weighted by Crippen LogP contribution is -2.52. The number of likely N-dealkylation sites (tertiary alicyclic amines) is 1. The van der Waals surface area contributed by atoms with Crippen LogP contribution in [0.5, 0.6) is 0 Å². The van der Waals surface area contributed by atoms with Crippen molar-refractivity contribution >= 4 is 17.2 Å². The number of piperazine rings is 1. The number of piperidine rings is 1. The molecule has 0 spiro atoms. The highest BCUT2D eigenvalue weighted by Crippen LogP contribution is 2.21. The summed E-state index contributed by atoms with van der Waals surface area (Å²) >= 11 is 1.85. The van der Waals surface area contributed by atoms with Crippen molar-refractivity contribution in [1.82, 2.24) is 14.7 Å². The van der Waals surface area contributed by atoms with Gasteiger partial charge in [0.2, 0.25) is 5.91 Å². The third kappa shape index (κ3) is 5.04. The van der Waals surface area contributed by atoms with E-state index in [1.165, 1.54) is 11.3 Å². The Balaban J connectivity index is 1.38. The van der Waals surface area contributed by atoms with Gasteiger partial charge in [-0.15, -0.1) is 11.3 Å². The number of rotatable bonds is 5. The lowest BCUT2D eigenvalue weighted by Gasteiger charge is -2.38. The SMILES string of the molecule is CC1CC(C)CN(C(=O)CN2CCN(CCc3cccs3)CC2)C1. The van der Waals surface area contributed by atoms with Gasteiger partial charge in [-0.3, -0.25) is 9.69 Å². The minimum Gasteiger partial charge on any atom is -0.341 e. The first-order chi connectivity index (χ1) is 11.6. The Morgan fingerprint density at radius 2 is 1.79 bits per heavy atom. The van der Waals surface area contributed by atoms with Gasteiger partial charge < -0.3 is 9.80 Å². The van der Waals surface area contributed by atoms with Crippen LogP contribution in [0.4, 0.5) is 0 Å². The van der Waals surface area contributed by atoms with Crippen LogP contribution in [0.3, 0.4) is 0 Å². The van der Waals surface area contributed by atoms with Crippen molar-refractivity contribution < 1.29 is 4.79 Å². The zero-order chi connectivity index (χ0) is 16.9. The zero-order valence-electron chi connectivity index (χ0n) is 15.1. The van der Waals surface area contributed by atoms with Crippen LogP contribution < -0.4 is 0 Å². The molecule has 0 radical (unpaired) electrons. The lowest BCUT2D eigenvalue weighted by molar-refractivity contribution is -0.135. The van der Waals surface area contributed by atoms with E-state index in [2.05, 4.69) is 46.1 Å². The fourth-order valence-electron chi connectivity index (χ4n) is 4.05. The number of hydrogen-bond donors (Lipinski definition) is 0. The fraction of sp³-hybridized carbons (Fsp3) is 0.737. The third-order valence-corrected chi connectivity index (χ3v) is 6.24. The second-order valence-electron chi connectivity index (χ2n) is 7.69. The number of amides is 1. The van der Waals surface area contributed by atoms with E-state index in [0.717, 1.165) is 52.2 Å². The first-order valence-electron chi connectivity index (χ1n) is 9.35. The number of carbonyl (C=O) groups excluding carboxylic acids is 1. The molecule has 2 aliphatic heterocycles. The molecular weight excluding hydrogens is 318 g/mol. The maximum Gasteiger partial charge on any atom is 0.236 e. The molecule has 1 aromatic heterocycles. The van der Waals surface area contributed by atoms with Gasteiger partial charge in [0.25, 0.3) is 0 Å². The van der Waals surface area contributed by atoms with E-state index in [0.29, 0.717) is 24.3 Å². The monoisotopic (exact) mass is 349 g/mol. The minimum atomic E-state index is 0.334. The third-order valence-electron chi connectivity index (χ3n) is 5.30. The minimum absolute atomic E-state index is 0.334. The molecule has 24 heavy (non-hydrogen) atoms. The average Bonchev–Trinajstić information content (AvgIpc) is 3.07. The van der Waals surface area contributed by atoms with E-state index in [1.807, 2.05) is 11.3 Å². The topological polar surface area (TPSA) is 26.8 Å². The van der Waals surface area contributed by atoms with Crippen molar-refractivity contribution in [3.05, 3.63) is 22.4 Å². The second kappa shape index (κ2) is 8.45. The van der Waals surface area contributed by atoms with Gasteiger partial charge in [-0.1, -0.05) is 19.9 Å². The van der Waals surface area contributed by atoms with Gasteiger partial charge in [-0.25, -0.2) is 0 Å². The van der Waals surface area contributed by atoms with Crippen LogP contribution in [-0.2, 0) is 11.2 Å². The maximum atomic E-state index is 12.6. The molecule has 0 saturated carbocycles. The largest absolute Gasteiger partial charge is 0.341 e. The summed E-state index contributed by atoms with van der Waals surface area (Å²) < 4.78 is 0. The predicted octanol–water partition coefficient (Wildman–Crippen LogP) is 2.41. The Hall–Kier alpha value is -0.910. The van der Waals surface area contributed by atoms with Crippen molar-refractivity contribution in [2.24, 2.45) is 11.8 Å². The average molecular weight is 350 g/mol. The molecule has 2 aliphatic rings. The molecule has 2 atom stereocenters. The van der Waals surface area contributed by atoms with Crippen molar-refractivity contribution in [2.45, 2.75) is 26.7 Å². The van der Waals surface area contributed by atoms with Crippen LogP contribution >= 0.6 is 11.3 Å². The summed E-state index contributed by atoms with van der Waals surface area (Å²) in [7, 11) is 0. The molecule has 5 heteroatoms. The summed E-state index contributed by atoms with van der Waals surface area (Å²) in [6.45, 7) is 12.4. The molecule has 134 valence electrons. The first-order valence-corrected chi connectivity index (χ1v) is 10.2. The second-order valence-corrected chi connectivity index (χ2v) is 8.72. The molecule has 4 nitrogen and oxygen atoms in total. The van der Waals surface area contributed by atoms with Crippen LogP contribution in [0.2, 0.25) is 0 Å². The predicted molar refractivity (Wildman–Crippen MR) is 100 cm³/mol. The van der Waals surface area contributed by atoms with E-state index in [-0.39, 0.29) is 0 Å². The van der Waals surface area contributed by atoms with Gasteiger partial charge in [0.15, 0.2) is 0 Å². The van der Waals surface area contributed by atoms with Gasteiger partial charge in [-0.05, 0) is 36.1 Å². The molecule has 3 heterocycles. The molecule has 0 N–H and O–H groups in total. The standard InChI is InChI=1S/C19H31N3OS/c1-16-12-17(2)14-22(13-16)19(23)15-21-9-7-20(8-10-21)6-5-18-4-3-11-24-18/h3-4,11,16-17H,5-10,12-15H2,1-2H3. The van der Waals surface area contributed by atoms with Gasteiger partial charge in [0, 0.05) is 50.7 Å². The molecule has 1 amide bonds. The molecule has 3 rings (SSSR count). The van der Waals surface area contributed by atoms with E-state index < -0.39 is 0 Å². The summed E-state index contributed by atoms with van der Waals surface area (Å²) in [5.74, 6) is 1.62. The smallest absolute Gasteiger partial charge is 0.236 e. The lowest BCUT2D eigenvalue weighted by atomic mass is 9.92. The van der Waals surface area contributed by atoms with E-state index in [9.17, 15) is 4.79 Å². The van der Waals surface area contributed by atoms with Crippen molar-refractivity contribution in [3.8, 4) is 0 Å². The van der Waals surface area contributed by atoms with Crippen LogP contribution in [0, 0.1) is 11.8 Å². The summed E-state index contributed by atoms with van der Waals surface area (Å²) in [4.78, 5) is 21.0. The zero-order valence-corrected chi connectivity index (χ0v) is 15.9. The van der Waals surface area contributed by atoms with Gasteiger partial charge in [-0.2, -0.15) is 0 Å². The van der Waals surface area contributed by atoms with Crippen molar-refractivity contribution in [2.75, 3.05) is 52.4 Å². The Kier molecular flexibility index (Phi) is 6.31. The Labute approximate surface area is 150 Å². The quantitative estimate of drug-likeness (QED) is 0.817. The number of nitrogens with zero attached hydrogens (tertiary/aromatic N) is 3. The molecule has 0 aromatic carbocycles. The van der Waals surface area contributed by atoms with Crippen molar-refractivity contribution in [1.29, 1.82) is 0 Å². The van der Waals surface area contributed by atoms with Gasteiger partial charge >= 0.3 is 0 Å². The van der Waals surface area contributed by atoms with E-state index in [1.54, 1.807) is 0 Å². The Bertz CT molecular complexity index is 501. The summed E-state index contributed by atoms with van der Waals surface area (Å²) in [6.07, 6.45) is 2.41. The highest BCUT2D eigenvalue weighted by atomic mass is 32.1. The summed E-state index contributed by atoms with van der Waals surface area (Å²) in [6, 6.07) is 4.35. The first kappa shape index (κ1) is 17.9. The molecule has 2 unspecified atom stereocenters. The normalized spacial score (nSPS) is 26.7. The van der Waals surface area contributed by atoms with E-state index >= 15 is 0 Å². The van der Waals surface area contributed by atoms with Crippen LogP contribution in [-0.4, -0.2) is 73.0 Å². The van der Waals surface area contributed by atoms with Crippen LogP contribution in [0.15, 0.2) is 17.5 Å². The fourth-order valence-corrected chi connectivity index (χ4v) is 4.75. The molecule has 0 bridgehead atoms. The molecule has 1 aromatic rings. The molecule has 2 fully saturated rings. The highest BCUT2D eigenvalue weighted by Gasteiger charge is 2.27. The summed E-state index contributed by atoms with van der Waals surface area (Å²) in [5.41, 5.74) is 0. The van der Waals surface area contributed by atoms with E-state index in [4.69, 9.17) is 0 Å².